The molecule has 2 heteroatoms. The van der Waals surface area contributed by atoms with Gasteiger partial charge in [-0.25, -0.2) is 0 Å². The molecular weight excluding hydrogens is 220 g/mol. The molecule has 102 valence electrons. The lowest BCUT2D eigenvalue weighted by Crippen LogP contribution is -2.33. The van der Waals surface area contributed by atoms with E-state index in [2.05, 4.69) is 50.8 Å². The van der Waals surface area contributed by atoms with Gasteiger partial charge < -0.3 is 10.6 Å². The van der Waals surface area contributed by atoms with Crippen LogP contribution in [0.4, 0.5) is 5.69 Å². The zero-order chi connectivity index (χ0) is 13.5. The van der Waals surface area contributed by atoms with Crippen molar-refractivity contribution in [1.29, 1.82) is 0 Å². The van der Waals surface area contributed by atoms with Crippen LogP contribution in [0.5, 0.6) is 0 Å². The van der Waals surface area contributed by atoms with E-state index in [0.29, 0.717) is 12.6 Å². The molecular formula is C16H28N2. The van der Waals surface area contributed by atoms with E-state index in [0.717, 1.165) is 6.54 Å². The van der Waals surface area contributed by atoms with Crippen LogP contribution in [0.2, 0.25) is 0 Å². The molecule has 0 radical (unpaired) electrons. The molecule has 18 heavy (non-hydrogen) atoms. The van der Waals surface area contributed by atoms with Crippen molar-refractivity contribution in [3.8, 4) is 0 Å². The maximum Gasteiger partial charge on any atom is 0.0443 e. The smallest absolute Gasteiger partial charge is 0.0443 e. The lowest BCUT2D eigenvalue weighted by Gasteiger charge is -2.32. The minimum absolute atomic E-state index is 0.522. The molecule has 1 aromatic rings. The summed E-state index contributed by atoms with van der Waals surface area (Å²) >= 11 is 0. The van der Waals surface area contributed by atoms with Gasteiger partial charge in [-0.2, -0.15) is 0 Å². The molecule has 0 saturated heterocycles. The molecule has 0 unspecified atom stereocenters. The average Bonchev–Trinajstić information content (AvgIpc) is 2.35. The van der Waals surface area contributed by atoms with E-state index in [1.54, 1.807) is 0 Å². The lowest BCUT2D eigenvalue weighted by molar-refractivity contribution is 0.622. The van der Waals surface area contributed by atoms with Crippen molar-refractivity contribution in [1.82, 2.24) is 0 Å². The van der Waals surface area contributed by atoms with Crippen LogP contribution < -0.4 is 10.6 Å². The van der Waals surface area contributed by atoms with Crippen molar-refractivity contribution in [2.45, 2.75) is 59.5 Å². The summed E-state index contributed by atoms with van der Waals surface area (Å²) in [4.78, 5) is 2.51. The molecule has 0 amide bonds. The molecule has 0 spiro atoms. The lowest BCUT2D eigenvalue weighted by atomic mass is 10.0. The summed E-state index contributed by atoms with van der Waals surface area (Å²) in [5.74, 6) is 0. The van der Waals surface area contributed by atoms with Crippen molar-refractivity contribution in [3.05, 3.63) is 29.3 Å². The molecule has 0 saturated carbocycles. The second kappa shape index (κ2) is 7.42. The van der Waals surface area contributed by atoms with Crippen LogP contribution in [0.1, 0.15) is 51.2 Å². The van der Waals surface area contributed by atoms with Crippen LogP contribution in [-0.2, 0) is 6.54 Å². The highest BCUT2D eigenvalue weighted by Crippen LogP contribution is 2.27. The molecule has 0 aliphatic rings. The van der Waals surface area contributed by atoms with Gasteiger partial charge in [0.25, 0.3) is 0 Å². The van der Waals surface area contributed by atoms with E-state index >= 15 is 0 Å². The topological polar surface area (TPSA) is 29.3 Å². The molecule has 2 nitrogen and oxygen atoms in total. The van der Waals surface area contributed by atoms with Gasteiger partial charge in [0.1, 0.15) is 0 Å². The first-order chi connectivity index (χ1) is 8.61. The highest BCUT2D eigenvalue weighted by atomic mass is 15.2. The quantitative estimate of drug-likeness (QED) is 0.742. The first-order valence-corrected chi connectivity index (χ1v) is 7.17. The fourth-order valence-corrected chi connectivity index (χ4v) is 2.46. The Morgan fingerprint density at radius 2 is 1.94 bits per heavy atom. The van der Waals surface area contributed by atoms with Gasteiger partial charge in [0.05, 0.1) is 0 Å². The number of benzene rings is 1. The molecule has 0 aromatic heterocycles. The highest BCUT2D eigenvalue weighted by Gasteiger charge is 2.15. The summed E-state index contributed by atoms with van der Waals surface area (Å²) in [6.45, 7) is 10.7. The number of hydrogen-bond donors (Lipinski definition) is 1. The van der Waals surface area contributed by atoms with Gasteiger partial charge in [0.15, 0.2) is 0 Å². The van der Waals surface area contributed by atoms with Crippen molar-refractivity contribution in [2.75, 3.05) is 11.4 Å². The Labute approximate surface area is 112 Å². The molecule has 1 aromatic carbocycles. The third kappa shape index (κ3) is 3.74. The molecule has 2 N–H and O–H groups in total. The van der Waals surface area contributed by atoms with Crippen molar-refractivity contribution in [2.24, 2.45) is 5.73 Å². The molecule has 0 atom stereocenters. The van der Waals surface area contributed by atoms with Crippen LogP contribution in [-0.4, -0.2) is 12.6 Å². The largest absolute Gasteiger partial charge is 0.369 e. The molecule has 0 aliphatic heterocycles. The van der Waals surface area contributed by atoms with Crippen LogP contribution >= 0.6 is 0 Å². The number of rotatable bonds is 7. The fourth-order valence-electron chi connectivity index (χ4n) is 2.46. The third-order valence-electron chi connectivity index (χ3n) is 3.45. The Hall–Kier alpha value is -1.02. The number of nitrogens with two attached hydrogens (primary N) is 1. The second-order valence-electron chi connectivity index (χ2n) is 5.28. The Balaban J connectivity index is 2.97. The van der Waals surface area contributed by atoms with E-state index in [9.17, 15) is 0 Å². The highest BCUT2D eigenvalue weighted by molar-refractivity contribution is 5.59. The number of para-hydroxylation sites is 1. The van der Waals surface area contributed by atoms with Crippen molar-refractivity contribution >= 4 is 5.69 Å². The predicted molar refractivity (Wildman–Crippen MR) is 81.1 cm³/mol. The Kier molecular flexibility index (Phi) is 6.20. The van der Waals surface area contributed by atoms with Gasteiger partial charge in [0.2, 0.25) is 0 Å². The van der Waals surface area contributed by atoms with Gasteiger partial charge in [-0.1, -0.05) is 38.0 Å². The molecule has 1 rings (SSSR count). The summed E-state index contributed by atoms with van der Waals surface area (Å²) in [7, 11) is 0. The van der Waals surface area contributed by atoms with Crippen molar-refractivity contribution < 1.29 is 0 Å². The van der Waals surface area contributed by atoms with Gasteiger partial charge >= 0.3 is 0 Å². The SMILES string of the molecule is CCCCCN(c1c(C)cccc1CN)C(C)C. The summed E-state index contributed by atoms with van der Waals surface area (Å²) < 4.78 is 0. The van der Waals surface area contributed by atoms with Gasteiger partial charge in [-0.05, 0) is 38.3 Å². The van der Waals surface area contributed by atoms with Gasteiger partial charge in [-0.3, -0.25) is 0 Å². The van der Waals surface area contributed by atoms with Crippen LogP contribution in [0, 0.1) is 6.92 Å². The first kappa shape index (κ1) is 15.0. The fraction of sp³-hybridized carbons (Fsp3) is 0.625. The molecule has 0 bridgehead atoms. The zero-order valence-corrected chi connectivity index (χ0v) is 12.4. The number of anilines is 1. The molecule has 0 aliphatic carbocycles. The van der Waals surface area contributed by atoms with Gasteiger partial charge in [0, 0.05) is 24.8 Å². The minimum Gasteiger partial charge on any atom is -0.369 e. The van der Waals surface area contributed by atoms with Gasteiger partial charge in [-0.15, -0.1) is 0 Å². The van der Waals surface area contributed by atoms with E-state index in [1.807, 2.05) is 0 Å². The Morgan fingerprint density at radius 3 is 2.50 bits per heavy atom. The predicted octanol–water partition coefficient (Wildman–Crippen LogP) is 3.86. The number of nitrogens with zero attached hydrogens (tertiary/aromatic N) is 1. The van der Waals surface area contributed by atoms with E-state index in [1.165, 1.54) is 36.1 Å². The first-order valence-electron chi connectivity index (χ1n) is 7.17. The maximum atomic E-state index is 5.89. The summed E-state index contributed by atoms with van der Waals surface area (Å²) in [5, 5.41) is 0. The summed E-state index contributed by atoms with van der Waals surface area (Å²) in [6.07, 6.45) is 3.82. The summed E-state index contributed by atoms with van der Waals surface area (Å²) in [5.41, 5.74) is 9.84. The monoisotopic (exact) mass is 248 g/mol. The zero-order valence-electron chi connectivity index (χ0n) is 12.4. The number of unbranched alkanes of at least 4 members (excludes halogenated alkanes) is 2. The van der Waals surface area contributed by atoms with Crippen molar-refractivity contribution in [3.63, 3.8) is 0 Å². The average molecular weight is 248 g/mol. The number of aryl methyl sites for hydroxylation is 1. The standard InChI is InChI=1S/C16H28N2/c1-5-6-7-11-18(13(2)3)16-14(4)9-8-10-15(16)12-17/h8-10,13H,5-7,11-12,17H2,1-4H3. The van der Waals surface area contributed by atoms with Crippen LogP contribution in [0.15, 0.2) is 18.2 Å². The van der Waals surface area contributed by atoms with E-state index in [4.69, 9.17) is 5.73 Å². The van der Waals surface area contributed by atoms with Crippen LogP contribution in [0.3, 0.4) is 0 Å². The Morgan fingerprint density at radius 1 is 1.22 bits per heavy atom. The second-order valence-corrected chi connectivity index (χ2v) is 5.28. The third-order valence-corrected chi connectivity index (χ3v) is 3.45. The van der Waals surface area contributed by atoms with E-state index in [-0.39, 0.29) is 0 Å². The molecule has 0 fully saturated rings. The molecule has 0 heterocycles. The van der Waals surface area contributed by atoms with Crippen LogP contribution in [0.25, 0.3) is 0 Å². The van der Waals surface area contributed by atoms with E-state index < -0.39 is 0 Å². The number of hydrogen-bond acceptors (Lipinski definition) is 2. The maximum absolute atomic E-state index is 5.89. The minimum atomic E-state index is 0.522. The normalized spacial score (nSPS) is 11.0. The summed E-state index contributed by atoms with van der Waals surface area (Å²) in [6, 6.07) is 6.96. The Bertz CT molecular complexity index is 358.